The maximum absolute atomic E-state index is 10.8. The summed E-state index contributed by atoms with van der Waals surface area (Å²) in [6, 6.07) is 0. The Labute approximate surface area is 119 Å². The van der Waals surface area contributed by atoms with Gasteiger partial charge in [0.15, 0.2) is 0 Å². The number of carbonyl (C=O) groups is 1. The number of rotatable bonds is 6. The quantitative estimate of drug-likeness (QED) is 0.465. The summed E-state index contributed by atoms with van der Waals surface area (Å²) in [5.74, 6) is 3.37. The van der Waals surface area contributed by atoms with Crippen molar-refractivity contribution in [2.24, 2.45) is 23.7 Å². The number of hydrogen-bond acceptors (Lipinski definition) is 1. The van der Waals surface area contributed by atoms with E-state index >= 15 is 0 Å². The Morgan fingerprint density at radius 1 is 0.842 bits per heavy atom. The summed E-state index contributed by atoms with van der Waals surface area (Å²) in [5, 5.41) is 0. The summed E-state index contributed by atoms with van der Waals surface area (Å²) in [4.78, 5) is 10.8. The van der Waals surface area contributed by atoms with E-state index in [1.165, 1.54) is 83.3 Å². The smallest absolute Gasteiger partial charge is 0.123 e. The van der Waals surface area contributed by atoms with Crippen LogP contribution in [0.3, 0.4) is 0 Å². The molecule has 2 fully saturated rings. The fourth-order valence-electron chi connectivity index (χ4n) is 4.38. The van der Waals surface area contributed by atoms with E-state index in [1.807, 2.05) is 0 Å². The zero-order chi connectivity index (χ0) is 13.5. The van der Waals surface area contributed by atoms with Gasteiger partial charge in [-0.25, -0.2) is 0 Å². The number of unbranched alkanes of at least 4 members (excludes halogenated alkanes) is 2. The lowest BCUT2D eigenvalue weighted by Gasteiger charge is -2.37. The third-order valence-electron chi connectivity index (χ3n) is 5.78. The van der Waals surface area contributed by atoms with Gasteiger partial charge in [-0.3, -0.25) is 0 Å². The van der Waals surface area contributed by atoms with E-state index in [1.54, 1.807) is 0 Å². The fraction of sp³-hybridized carbons (Fsp3) is 0.944. The Hall–Kier alpha value is -0.330. The van der Waals surface area contributed by atoms with Crippen LogP contribution in [0.5, 0.6) is 0 Å². The van der Waals surface area contributed by atoms with Crippen LogP contribution in [0.2, 0.25) is 0 Å². The Morgan fingerprint density at radius 2 is 1.42 bits per heavy atom. The van der Waals surface area contributed by atoms with Crippen molar-refractivity contribution in [3.63, 3.8) is 0 Å². The molecule has 0 N–H and O–H groups in total. The van der Waals surface area contributed by atoms with Gasteiger partial charge in [-0.2, -0.15) is 0 Å². The van der Waals surface area contributed by atoms with Crippen LogP contribution in [0.25, 0.3) is 0 Å². The highest BCUT2D eigenvalue weighted by Crippen LogP contribution is 2.41. The van der Waals surface area contributed by atoms with Crippen molar-refractivity contribution in [1.82, 2.24) is 0 Å². The highest BCUT2D eigenvalue weighted by molar-refractivity contribution is 5.53. The molecule has 0 aromatic carbocycles. The van der Waals surface area contributed by atoms with Crippen LogP contribution in [0.15, 0.2) is 0 Å². The highest BCUT2D eigenvalue weighted by atomic mass is 16.1. The molecule has 110 valence electrons. The Balaban J connectivity index is 1.64. The van der Waals surface area contributed by atoms with E-state index in [4.69, 9.17) is 0 Å². The molecule has 0 bridgehead atoms. The second kappa shape index (κ2) is 8.07. The Morgan fingerprint density at radius 3 is 1.95 bits per heavy atom. The molecule has 0 radical (unpaired) electrons. The first-order valence-electron chi connectivity index (χ1n) is 8.78. The normalized spacial score (nSPS) is 36.1. The first-order chi connectivity index (χ1) is 9.33. The molecule has 0 unspecified atom stereocenters. The van der Waals surface area contributed by atoms with Crippen LogP contribution in [0, 0.1) is 23.7 Å². The highest BCUT2D eigenvalue weighted by Gasteiger charge is 2.30. The molecule has 1 nitrogen and oxygen atoms in total. The molecule has 0 aromatic heterocycles. The van der Waals surface area contributed by atoms with E-state index in [9.17, 15) is 4.79 Å². The maximum Gasteiger partial charge on any atom is 0.123 e. The average Bonchev–Trinajstić information content (AvgIpc) is 2.48. The Kier molecular flexibility index (Phi) is 6.40. The molecule has 0 aromatic rings. The van der Waals surface area contributed by atoms with Gasteiger partial charge in [0.05, 0.1) is 0 Å². The fourth-order valence-corrected chi connectivity index (χ4v) is 4.38. The van der Waals surface area contributed by atoms with Crippen LogP contribution in [-0.2, 0) is 4.79 Å². The summed E-state index contributed by atoms with van der Waals surface area (Å²) in [5.41, 5.74) is 0. The zero-order valence-electron chi connectivity index (χ0n) is 12.8. The predicted octanol–water partition coefficient (Wildman–Crippen LogP) is 5.38. The standard InChI is InChI=1S/C18H32O/c1-2-3-4-5-15-6-10-17(11-7-15)18-12-8-16(14-19)9-13-18/h14-18H,2-13H2,1H3/t15?,16-,17?,18-. The SMILES string of the molecule is CCCCCC1CCC([C@H]2CC[C@H](C=O)CC2)CC1. The minimum Gasteiger partial charge on any atom is -0.303 e. The van der Waals surface area contributed by atoms with Crippen LogP contribution in [0.4, 0.5) is 0 Å². The van der Waals surface area contributed by atoms with Crippen molar-refractivity contribution in [3.05, 3.63) is 0 Å². The van der Waals surface area contributed by atoms with E-state index < -0.39 is 0 Å². The predicted molar refractivity (Wildman–Crippen MR) is 81.1 cm³/mol. The first-order valence-corrected chi connectivity index (χ1v) is 8.78. The van der Waals surface area contributed by atoms with E-state index in [0.717, 1.165) is 17.8 Å². The zero-order valence-corrected chi connectivity index (χ0v) is 12.8. The van der Waals surface area contributed by atoms with Crippen LogP contribution in [-0.4, -0.2) is 6.29 Å². The number of hydrogen-bond donors (Lipinski definition) is 0. The van der Waals surface area contributed by atoms with Gasteiger partial charge in [0.25, 0.3) is 0 Å². The largest absolute Gasteiger partial charge is 0.303 e. The van der Waals surface area contributed by atoms with Crippen molar-refractivity contribution in [1.29, 1.82) is 0 Å². The summed E-state index contributed by atoms with van der Waals surface area (Å²) in [6.07, 6.45) is 17.9. The molecular weight excluding hydrogens is 232 g/mol. The lowest BCUT2D eigenvalue weighted by molar-refractivity contribution is -0.112. The molecule has 0 atom stereocenters. The van der Waals surface area contributed by atoms with Crippen molar-refractivity contribution in [3.8, 4) is 0 Å². The van der Waals surface area contributed by atoms with Gasteiger partial charge in [0, 0.05) is 5.92 Å². The maximum atomic E-state index is 10.8. The molecule has 19 heavy (non-hydrogen) atoms. The minimum atomic E-state index is 0.390. The monoisotopic (exact) mass is 264 g/mol. The summed E-state index contributed by atoms with van der Waals surface area (Å²) in [6.45, 7) is 2.30. The molecule has 2 rings (SSSR count). The van der Waals surface area contributed by atoms with E-state index in [0.29, 0.717) is 5.92 Å². The third kappa shape index (κ3) is 4.61. The lowest BCUT2D eigenvalue weighted by atomic mass is 9.69. The molecule has 0 heterocycles. The van der Waals surface area contributed by atoms with Gasteiger partial charge >= 0.3 is 0 Å². The molecule has 0 amide bonds. The molecule has 0 spiro atoms. The molecule has 2 aliphatic carbocycles. The molecule has 1 heteroatoms. The second-order valence-electron chi connectivity index (χ2n) is 7.09. The van der Waals surface area contributed by atoms with Gasteiger partial charge in [-0.15, -0.1) is 0 Å². The minimum absolute atomic E-state index is 0.390. The van der Waals surface area contributed by atoms with Crippen molar-refractivity contribution in [2.45, 2.75) is 84.0 Å². The van der Waals surface area contributed by atoms with Gasteiger partial charge in [0.1, 0.15) is 6.29 Å². The number of aldehydes is 1. The van der Waals surface area contributed by atoms with Crippen LogP contribution in [0.1, 0.15) is 84.0 Å². The molecular formula is C18H32O. The summed E-state index contributed by atoms with van der Waals surface area (Å²) in [7, 11) is 0. The van der Waals surface area contributed by atoms with Crippen LogP contribution >= 0.6 is 0 Å². The second-order valence-corrected chi connectivity index (χ2v) is 7.09. The van der Waals surface area contributed by atoms with Gasteiger partial charge in [0.2, 0.25) is 0 Å². The average molecular weight is 264 g/mol. The topological polar surface area (TPSA) is 17.1 Å². The van der Waals surface area contributed by atoms with Crippen molar-refractivity contribution < 1.29 is 4.79 Å². The van der Waals surface area contributed by atoms with Crippen molar-refractivity contribution in [2.75, 3.05) is 0 Å². The first kappa shape index (κ1) is 15.1. The van der Waals surface area contributed by atoms with Gasteiger partial charge < -0.3 is 4.79 Å². The summed E-state index contributed by atoms with van der Waals surface area (Å²) >= 11 is 0. The van der Waals surface area contributed by atoms with E-state index in [2.05, 4.69) is 6.92 Å². The van der Waals surface area contributed by atoms with Crippen LogP contribution < -0.4 is 0 Å². The molecule has 2 aliphatic rings. The van der Waals surface area contributed by atoms with Crippen molar-refractivity contribution >= 4 is 6.29 Å². The van der Waals surface area contributed by atoms with Gasteiger partial charge in [-0.1, -0.05) is 45.4 Å². The van der Waals surface area contributed by atoms with Gasteiger partial charge in [-0.05, 0) is 56.3 Å². The lowest BCUT2D eigenvalue weighted by Crippen LogP contribution is -2.26. The molecule has 2 saturated carbocycles. The molecule has 0 aliphatic heterocycles. The number of carbonyl (C=O) groups excluding carboxylic acids is 1. The molecule has 0 saturated heterocycles. The van der Waals surface area contributed by atoms with E-state index in [-0.39, 0.29) is 0 Å². The third-order valence-corrected chi connectivity index (χ3v) is 5.78. The Bertz CT molecular complexity index is 244. The summed E-state index contributed by atoms with van der Waals surface area (Å²) < 4.78 is 0.